The maximum absolute atomic E-state index is 13.1. The first kappa shape index (κ1) is 22.9. The Morgan fingerprint density at radius 3 is 2.50 bits per heavy atom. The molecule has 2 aromatic carbocycles. The minimum atomic E-state index is -3.70. The Labute approximate surface area is 193 Å². The van der Waals surface area contributed by atoms with Crippen molar-refractivity contribution in [3.63, 3.8) is 0 Å². The molecule has 0 aliphatic heterocycles. The highest BCUT2D eigenvalue weighted by Gasteiger charge is 2.23. The van der Waals surface area contributed by atoms with Crippen LogP contribution in [0.3, 0.4) is 0 Å². The lowest BCUT2D eigenvalue weighted by atomic mass is 10.3. The number of halogens is 1. The number of nitrogens with one attached hydrogen (secondary N) is 1. The molecule has 0 saturated heterocycles. The predicted molar refractivity (Wildman–Crippen MR) is 119 cm³/mol. The smallest absolute Gasteiger partial charge is 0.374 e. The molecule has 0 bridgehead atoms. The van der Waals surface area contributed by atoms with Gasteiger partial charge in [-0.3, -0.25) is 0 Å². The summed E-state index contributed by atoms with van der Waals surface area (Å²) in [5, 5.41) is 2.84. The molecule has 0 atom stereocenters. The third kappa shape index (κ3) is 5.53. The number of nitrogens with two attached hydrogens (primary N) is 1. The number of ether oxygens (including phenoxy) is 1. The largest absolute Gasteiger partial charge is 0.457 e. The van der Waals surface area contributed by atoms with Crippen molar-refractivity contribution < 1.29 is 26.8 Å². The quantitative estimate of drug-likeness (QED) is 0.357. The number of nitrogens with zero attached hydrogens (tertiary/aromatic N) is 3. The second-order valence-electron chi connectivity index (χ2n) is 6.99. The zero-order chi connectivity index (χ0) is 24.1. The van der Waals surface area contributed by atoms with E-state index in [1.165, 1.54) is 48.7 Å². The number of hydrogen-bond acceptors (Lipinski definition) is 10. The summed E-state index contributed by atoms with van der Waals surface area (Å²) >= 11 is 0. The minimum Gasteiger partial charge on any atom is -0.457 e. The number of esters is 1. The molecular weight excluding hydrogens is 465 g/mol. The Morgan fingerprint density at radius 2 is 1.76 bits per heavy atom. The third-order valence-corrected chi connectivity index (χ3v) is 6.19. The summed E-state index contributed by atoms with van der Waals surface area (Å²) in [4.78, 5) is 24.6. The van der Waals surface area contributed by atoms with Crippen molar-refractivity contribution in [3.05, 3.63) is 89.9 Å². The molecule has 0 aliphatic carbocycles. The molecule has 0 spiro atoms. The number of carbonyl (C=O) groups excluding carboxylic acids is 1. The van der Waals surface area contributed by atoms with Gasteiger partial charge in [-0.15, -0.1) is 0 Å². The maximum atomic E-state index is 13.1. The van der Waals surface area contributed by atoms with Gasteiger partial charge >= 0.3 is 5.97 Å². The van der Waals surface area contributed by atoms with Crippen molar-refractivity contribution >= 4 is 33.4 Å². The van der Waals surface area contributed by atoms with Crippen LogP contribution in [-0.2, 0) is 26.9 Å². The average molecular weight is 483 g/mol. The van der Waals surface area contributed by atoms with E-state index < -0.39 is 27.4 Å². The van der Waals surface area contributed by atoms with E-state index in [1.807, 2.05) is 0 Å². The van der Waals surface area contributed by atoms with E-state index in [0.29, 0.717) is 5.69 Å². The monoisotopic (exact) mass is 483 g/mol. The van der Waals surface area contributed by atoms with E-state index in [-0.39, 0.29) is 40.5 Å². The number of furan rings is 1. The summed E-state index contributed by atoms with van der Waals surface area (Å²) in [5.41, 5.74) is 6.36. The van der Waals surface area contributed by atoms with Gasteiger partial charge in [0.2, 0.25) is 17.7 Å². The summed E-state index contributed by atoms with van der Waals surface area (Å²) in [5.74, 6) is -2.00. The zero-order valence-electron chi connectivity index (χ0n) is 17.5. The molecule has 34 heavy (non-hydrogen) atoms. The Kier molecular flexibility index (Phi) is 6.50. The first-order valence-electron chi connectivity index (χ1n) is 9.84. The lowest BCUT2D eigenvalue weighted by molar-refractivity contribution is 0.0424. The third-order valence-electron chi connectivity index (χ3n) is 4.51. The highest BCUT2D eigenvalue weighted by Crippen LogP contribution is 2.21. The summed E-state index contributed by atoms with van der Waals surface area (Å²) in [7, 11) is -3.70. The molecule has 4 rings (SSSR count). The van der Waals surface area contributed by atoms with Crippen molar-refractivity contribution in [3.8, 4) is 0 Å². The zero-order valence-corrected chi connectivity index (χ0v) is 18.3. The van der Waals surface area contributed by atoms with Crippen LogP contribution in [0, 0.1) is 5.82 Å². The Hall–Kier alpha value is -4.32. The number of sulfone groups is 1. The lowest BCUT2D eigenvalue weighted by Crippen LogP contribution is -2.13. The Bertz CT molecular complexity index is 1410. The minimum absolute atomic E-state index is 0.0375. The molecule has 174 valence electrons. The number of nitrogen functional groups attached to an aromatic ring is 1. The maximum Gasteiger partial charge on any atom is 0.374 e. The van der Waals surface area contributed by atoms with Crippen molar-refractivity contribution in [1.82, 2.24) is 15.0 Å². The molecule has 0 saturated carbocycles. The van der Waals surface area contributed by atoms with Gasteiger partial charge < -0.3 is 20.2 Å². The molecule has 0 unspecified atom stereocenters. The second kappa shape index (κ2) is 9.67. The average Bonchev–Trinajstić information content (AvgIpc) is 3.27. The Morgan fingerprint density at radius 1 is 1.03 bits per heavy atom. The summed E-state index contributed by atoms with van der Waals surface area (Å²) in [6.45, 7) is -0.380. The molecule has 4 aromatic rings. The van der Waals surface area contributed by atoms with Crippen LogP contribution < -0.4 is 11.1 Å². The molecule has 0 amide bonds. The SMILES string of the molecule is Nc1nc(COC(=O)c2occc2CS(=O)(=O)c2ccccc2)nc(Nc2ccc(F)cc2)n1. The van der Waals surface area contributed by atoms with Gasteiger partial charge in [0.05, 0.1) is 16.9 Å². The van der Waals surface area contributed by atoms with Crippen LogP contribution >= 0.6 is 0 Å². The molecule has 3 N–H and O–H groups in total. The fourth-order valence-electron chi connectivity index (χ4n) is 2.96. The highest BCUT2D eigenvalue weighted by molar-refractivity contribution is 7.90. The number of hydrogen-bond donors (Lipinski definition) is 2. The van der Waals surface area contributed by atoms with Gasteiger partial charge in [0.25, 0.3) is 0 Å². The van der Waals surface area contributed by atoms with Gasteiger partial charge in [-0.05, 0) is 42.5 Å². The fourth-order valence-corrected chi connectivity index (χ4v) is 4.34. The van der Waals surface area contributed by atoms with E-state index in [1.54, 1.807) is 18.2 Å². The molecule has 0 aliphatic rings. The van der Waals surface area contributed by atoms with Gasteiger partial charge in [0, 0.05) is 11.3 Å². The molecule has 0 radical (unpaired) electrons. The second-order valence-corrected chi connectivity index (χ2v) is 8.98. The molecular formula is C22H18FN5O5S. The van der Waals surface area contributed by atoms with Gasteiger partial charge in [-0.25, -0.2) is 17.6 Å². The number of anilines is 3. The van der Waals surface area contributed by atoms with Crippen LogP contribution in [-0.4, -0.2) is 29.3 Å². The first-order chi connectivity index (χ1) is 16.3. The highest BCUT2D eigenvalue weighted by atomic mass is 32.2. The lowest BCUT2D eigenvalue weighted by Gasteiger charge is -2.08. The van der Waals surface area contributed by atoms with E-state index in [0.717, 1.165) is 0 Å². The van der Waals surface area contributed by atoms with E-state index in [4.69, 9.17) is 14.9 Å². The first-order valence-corrected chi connectivity index (χ1v) is 11.5. The summed E-state index contributed by atoms with van der Waals surface area (Å²) in [6.07, 6.45) is 1.21. The van der Waals surface area contributed by atoms with Gasteiger partial charge in [-0.2, -0.15) is 15.0 Å². The number of aromatic nitrogens is 3. The van der Waals surface area contributed by atoms with Crippen LogP contribution in [0.4, 0.5) is 22.0 Å². The number of rotatable bonds is 8. The van der Waals surface area contributed by atoms with Crippen LogP contribution in [0.1, 0.15) is 21.9 Å². The van der Waals surface area contributed by atoms with Crippen molar-refractivity contribution in [2.24, 2.45) is 0 Å². The number of carbonyl (C=O) groups is 1. The fraction of sp³-hybridized carbons (Fsp3) is 0.0909. The van der Waals surface area contributed by atoms with E-state index in [2.05, 4.69) is 20.3 Å². The number of benzene rings is 2. The normalized spacial score (nSPS) is 11.2. The van der Waals surface area contributed by atoms with Crippen molar-refractivity contribution in [1.29, 1.82) is 0 Å². The Balaban J connectivity index is 1.44. The summed E-state index contributed by atoms with van der Waals surface area (Å²) < 4.78 is 48.7. The standard InChI is InChI=1S/C22H18FN5O5S/c23-15-6-8-16(9-7-15)25-22-27-18(26-21(24)28-22)12-33-20(29)19-14(10-11-32-19)13-34(30,31)17-4-2-1-3-5-17/h1-11H,12-13H2,(H3,24,25,26,27,28). The molecule has 10 nitrogen and oxygen atoms in total. The van der Waals surface area contributed by atoms with Crippen molar-refractivity contribution in [2.75, 3.05) is 11.1 Å². The van der Waals surface area contributed by atoms with E-state index >= 15 is 0 Å². The van der Waals surface area contributed by atoms with Gasteiger partial charge in [-0.1, -0.05) is 18.2 Å². The molecule has 0 fully saturated rings. The summed E-state index contributed by atoms with van der Waals surface area (Å²) in [6, 6.07) is 14.7. The van der Waals surface area contributed by atoms with Crippen LogP contribution in [0.5, 0.6) is 0 Å². The van der Waals surface area contributed by atoms with Gasteiger partial charge in [0.1, 0.15) is 5.82 Å². The molecule has 2 heterocycles. The predicted octanol–water partition coefficient (Wildman–Crippen LogP) is 3.26. The van der Waals surface area contributed by atoms with Crippen LogP contribution in [0.25, 0.3) is 0 Å². The topological polar surface area (TPSA) is 150 Å². The van der Waals surface area contributed by atoms with E-state index in [9.17, 15) is 17.6 Å². The molecule has 12 heteroatoms. The van der Waals surface area contributed by atoms with Gasteiger partial charge in [0.15, 0.2) is 22.3 Å². The molecule has 2 aromatic heterocycles. The van der Waals surface area contributed by atoms with Crippen LogP contribution in [0.2, 0.25) is 0 Å². The van der Waals surface area contributed by atoms with Crippen molar-refractivity contribution in [2.45, 2.75) is 17.3 Å². The van der Waals surface area contributed by atoms with Crippen LogP contribution in [0.15, 0.2) is 76.2 Å².